The molecular formula is C10H9BrClNO6S. The van der Waals surface area contributed by atoms with Crippen LogP contribution in [0.15, 0.2) is 27.6 Å². The van der Waals surface area contributed by atoms with Crippen LogP contribution in [-0.2, 0) is 19.6 Å². The van der Waals surface area contributed by atoms with Crippen molar-refractivity contribution in [2.75, 3.05) is 0 Å². The molecule has 7 nitrogen and oxygen atoms in total. The molecule has 1 rings (SSSR count). The molecule has 0 saturated heterocycles. The van der Waals surface area contributed by atoms with Gasteiger partial charge in [0.25, 0.3) is 0 Å². The number of sulfonamides is 1. The Kier molecular flexibility index (Phi) is 5.51. The summed E-state index contributed by atoms with van der Waals surface area (Å²) in [6.45, 7) is 0. The highest BCUT2D eigenvalue weighted by Gasteiger charge is 2.28. The quantitative estimate of drug-likeness (QED) is 0.678. The van der Waals surface area contributed by atoms with Crippen LogP contribution in [0.3, 0.4) is 0 Å². The first-order valence-corrected chi connectivity index (χ1v) is 7.71. The lowest BCUT2D eigenvalue weighted by Crippen LogP contribution is -2.42. The van der Waals surface area contributed by atoms with Crippen LogP contribution in [0.5, 0.6) is 0 Å². The van der Waals surface area contributed by atoms with Gasteiger partial charge in [-0.2, -0.15) is 4.72 Å². The number of benzene rings is 1. The Morgan fingerprint density at radius 1 is 1.35 bits per heavy atom. The molecule has 0 unspecified atom stereocenters. The van der Waals surface area contributed by atoms with Crippen LogP contribution in [0.4, 0.5) is 0 Å². The Bertz CT molecular complexity index is 647. The first-order chi connectivity index (χ1) is 9.13. The van der Waals surface area contributed by atoms with E-state index in [0.717, 1.165) is 0 Å². The standard InChI is InChI=1S/C10H9BrClNO6S/c11-5-1-2-8(6(12)3-5)20(18,19)13-7(10(16)17)4-9(14)15/h1-3,7,13H,4H2,(H,14,15)(H,16,17)/t7-/m0/s1. The van der Waals surface area contributed by atoms with Gasteiger partial charge in [-0.05, 0) is 18.2 Å². The Labute approximate surface area is 127 Å². The number of hydrogen-bond acceptors (Lipinski definition) is 4. The zero-order chi connectivity index (χ0) is 15.5. The van der Waals surface area contributed by atoms with Crippen molar-refractivity contribution in [1.29, 1.82) is 0 Å². The molecule has 0 aliphatic carbocycles. The molecule has 0 saturated carbocycles. The van der Waals surface area contributed by atoms with Crippen LogP contribution in [0.2, 0.25) is 5.02 Å². The molecule has 1 atom stereocenters. The second kappa shape index (κ2) is 6.53. The third kappa shape index (κ3) is 4.44. The summed E-state index contributed by atoms with van der Waals surface area (Å²) in [7, 11) is -4.24. The Hall–Kier alpha value is -1.16. The van der Waals surface area contributed by atoms with E-state index in [9.17, 15) is 18.0 Å². The highest BCUT2D eigenvalue weighted by molar-refractivity contribution is 9.10. The van der Waals surface area contributed by atoms with E-state index in [1.807, 2.05) is 0 Å². The van der Waals surface area contributed by atoms with Gasteiger partial charge in [-0.3, -0.25) is 9.59 Å². The predicted octanol–water partition coefficient (Wildman–Crippen LogP) is 1.31. The third-order valence-corrected chi connectivity index (χ3v) is 4.61. The number of nitrogens with one attached hydrogen (secondary N) is 1. The van der Waals surface area contributed by atoms with Gasteiger partial charge in [0, 0.05) is 4.47 Å². The molecule has 0 radical (unpaired) electrons. The van der Waals surface area contributed by atoms with Crippen molar-refractivity contribution < 1.29 is 28.2 Å². The summed E-state index contributed by atoms with van der Waals surface area (Å²) in [5.74, 6) is -3.04. The van der Waals surface area contributed by atoms with E-state index < -0.39 is 34.4 Å². The van der Waals surface area contributed by atoms with Crippen molar-refractivity contribution in [3.63, 3.8) is 0 Å². The molecule has 0 fully saturated rings. The maximum atomic E-state index is 12.0. The topological polar surface area (TPSA) is 121 Å². The minimum absolute atomic E-state index is 0.119. The fraction of sp³-hybridized carbons (Fsp3) is 0.200. The largest absolute Gasteiger partial charge is 0.481 e. The van der Waals surface area contributed by atoms with Crippen molar-refractivity contribution in [3.8, 4) is 0 Å². The minimum Gasteiger partial charge on any atom is -0.481 e. The van der Waals surface area contributed by atoms with Crippen LogP contribution in [0.1, 0.15) is 6.42 Å². The monoisotopic (exact) mass is 385 g/mol. The highest BCUT2D eigenvalue weighted by Crippen LogP contribution is 2.25. The summed E-state index contributed by atoms with van der Waals surface area (Å²) in [4.78, 5) is 21.0. The zero-order valence-corrected chi connectivity index (χ0v) is 12.9. The molecule has 0 amide bonds. The third-order valence-electron chi connectivity index (χ3n) is 2.16. The van der Waals surface area contributed by atoms with E-state index in [2.05, 4.69) is 15.9 Å². The summed E-state index contributed by atoms with van der Waals surface area (Å²) in [6.07, 6.45) is -0.886. The smallest absolute Gasteiger partial charge is 0.322 e. The number of hydrogen-bond donors (Lipinski definition) is 3. The lowest BCUT2D eigenvalue weighted by atomic mass is 10.2. The zero-order valence-electron chi connectivity index (χ0n) is 9.71. The van der Waals surface area contributed by atoms with Crippen molar-refractivity contribution in [1.82, 2.24) is 4.72 Å². The Balaban J connectivity index is 3.09. The van der Waals surface area contributed by atoms with Crippen molar-refractivity contribution >= 4 is 49.5 Å². The molecular weight excluding hydrogens is 378 g/mol. The second-order valence-corrected chi connectivity index (χ2v) is 6.69. The van der Waals surface area contributed by atoms with E-state index >= 15 is 0 Å². The molecule has 3 N–H and O–H groups in total. The number of rotatable bonds is 6. The Morgan fingerprint density at radius 3 is 2.40 bits per heavy atom. The second-order valence-electron chi connectivity index (χ2n) is 3.68. The number of carbonyl (C=O) groups is 2. The lowest BCUT2D eigenvalue weighted by molar-refractivity contribution is -0.145. The van der Waals surface area contributed by atoms with Crippen LogP contribution >= 0.6 is 27.5 Å². The van der Waals surface area contributed by atoms with Gasteiger partial charge in [-0.25, -0.2) is 8.42 Å². The van der Waals surface area contributed by atoms with Gasteiger partial charge in [0.2, 0.25) is 10.0 Å². The molecule has 20 heavy (non-hydrogen) atoms. The lowest BCUT2D eigenvalue weighted by Gasteiger charge is -2.13. The van der Waals surface area contributed by atoms with Gasteiger partial charge in [-0.15, -0.1) is 0 Å². The molecule has 0 aliphatic heterocycles. The molecule has 0 spiro atoms. The fourth-order valence-corrected chi connectivity index (χ4v) is 3.52. The molecule has 10 heteroatoms. The first kappa shape index (κ1) is 16.9. The first-order valence-electron chi connectivity index (χ1n) is 5.05. The summed E-state index contributed by atoms with van der Waals surface area (Å²) in [5.41, 5.74) is 0. The van der Waals surface area contributed by atoms with Gasteiger partial charge in [0.1, 0.15) is 10.9 Å². The predicted molar refractivity (Wildman–Crippen MR) is 73.2 cm³/mol. The summed E-state index contributed by atoms with van der Waals surface area (Å²) in [6, 6.07) is 2.13. The van der Waals surface area contributed by atoms with Crippen LogP contribution in [0.25, 0.3) is 0 Å². The van der Waals surface area contributed by atoms with E-state index in [1.165, 1.54) is 18.2 Å². The summed E-state index contributed by atoms with van der Waals surface area (Å²) in [5, 5.41) is 17.3. The maximum Gasteiger partial charge on any atom is 0.322 e. The van der Waals surface area contributed by atoms with Crippen LogP contribution in [0, 0.1) is 0 Å². The molecule has 1 aromatic rings. The number of halogens is 2. The van der Waals surface area contributed by atoms with Gasteiger partial charge in [0.15, 0.2) is 0 Å². The van der Waals surface area contributed by atoms with Crippen molar-refractivity contribution in [3.05, 3.63) is 27.7 Å². The number of carboxylic acid groups (broad SMARTS) is 2. The molecule has 0 aliphatic rings. The summed E-state index contributed by atoms with van der Waals surface area (Å²) < 4.78 is 26.3. The SMILES string of the molecule is O=C(O)C[C@H](NS(=O)(=O)c1ccc(Br)cc1Cl)C(=O)O. The van der Waals surface area contributed by atoms with Gasteiger partial charge in [-0.1, -0.05) is 27.5 Å². The van der Waals surface area contributed by atoms with Gasteiger partial charge < -0.3 is 10.2 Å². The molecule has 1 aromatic carbocycles. The van der Waals surface area contributed by atoms with E-state index in [4.69, 9.17) is 21.8 Å². The average Bonchev–Trinajstić information content (AvgIpc) is 2.26. The molecule has 0 bridgehead atoms. The summed E-state index contributed by atoms with van der Waals surface area (Å²) >= 11 is 8.87. The van der Waals surface area contributed by atoms with Crippen LogP contribution in [-0.4, -0.2) is 36.6 Å². The molecule has 0 heterocycles. The molecule has 0 aromatic heterocycles. The maximum absolute atomic E-state index is 12.0. The fourth-order valence-electron chi connectivity index (χ4n) is 1.30. The van der Waals surface area contributed by atoms with Crippen molar-refractivity contribution in [2.45, 2.75) is 17.4 Å². The highest BCUT2D eigenvalue weighted by atomic mass is 79.9. The van der Waals surface area contributed by atoms with Gasteiger partial charge in [0.05, 0.1) is 11.4 Å². The van der Waals surface area contributed by atoms with E-state index in [-0.39, 0.29) is 9.92 Å². The minimum atomic E-state index is -4.24. The van der Waals surface area contributed by atoms with E-state index in [0.29, 0.717) is 4.47 Å². The molecule has 110 valence electrons. The average molecular weight is 387 g/mol. The van der Waals surface area contributed by atoms with Crippen molar-refractivity contribution in [2.24, 2.45) is 0 Å². The van der Waals surface area contributed by atoms with Crippen LogP contribution < -0.4 is 4.72 Å². The normalized spacial score (nSPS) is 12.9. The van der Waals surface area contributed by atoms with E-state index in [1.54, 1.807) is 4.72 Å². The number of aliphatic carboxylic acids is 2. The number of carboxylic acids is 2. The van der Waals surface area contributed by atoms with Gasteiger partial charge >= 0.3 is 11.9 Å². The Morgan fingerprint density at radius 2 is 1.95 bits per heavy atom.